The zero-order valence-electron chi connectivity index (χ0n) is 8.27. The van der Waals surface area contributed by atoms with Crippen molar-refractivity contribution >= 4 is 11.9 Å². The standard InChI is InChI=1S/C10H10O5/c1-5-7(9(12)13)3-6(11)4-8(5)10(14)15-2/h3-4,11H,1-2H3,(H,12,13). The maximum absolute atomic E-state index is 11.2. The average Bonchev–Trinajstić information content (AvgIpc) is 2.19. The molecule has 0 heterocycles. The molecular formula is C10H10O5. The van der Waals surface area contributed by atoms with Crippen molar-refractivity contribution in [3.05, 3.63) is 28.8 Å². The Morgan fingerprint density at radius 1 is 1.27 bits per heavy atom. The number of rotatable bonds is 2. The van der Waals surface area contributed by atoms with E-state index >= 15 is 0 Å². The van der Waals surface area contributed by atoms with E-state index in [4.69, 9.17) is 5.11 Å². The first-order valence-corrected chi connectivity index (χ1v) is 4.12. The van der Waals surface area contributed by atoms with Crippen molar-refractivity contribution in [1.29, 1.82) is 0 Å². The Hall–Kier alpha value is -2.04. The third kappa shape index (κ3) is 2.07. The summed E-state index contributed by atoms with van der Waals surface area (Å²) >= 11 is 0. The number of methoxy groups -OCH3 is 1. The molecule has 0 atom stereocenters. The molecule has 5 nitrogen and oxygen atoms in total. The quantitative estimate of drug-likeness (QED) is 0.716. The van der Waals surface area contributed by atoms with Gasteiger partial charge >= 0.3 is 11.9 Å². The van der Waals surface area contributed by atoms with Gasteiger partial charge in [-0.25, -0.2) is 9.59 Å². The zero-order chi connectivity index (χ0) is 11.6. The minimum absolute atomic E-state index is 0.0508. The molecule has 5 heteroatoms. The van der Waals surface area contributed by atoms with Gasteiger partial charge in [-0.1, -0.05) is 0 Å². The first kappa shape index (κ1) is 11.0. The van der Waals surface area contributed by atoms with Crippen LogP contribution in [-0.4, -0.2) is 29.3 Å². The van der Waals surface area contributed by atoms with Gasteiger partial charge in [0.15, 0.2) is 0 Å². The maximum atomic E-state index is 11.2. The second-order valence-electron chi connectivity index (χ2n) is 2.96. The van der Waals surface area contributed by atoms with E-state index < -0.39 is 11.9 Å². The fraction of sp³-hybridized carbons (Fsp3) is 0.200. The number of carbonyl (C=O) groups excluding carboxylic acids is 1. The lowest BCUT2D eigenvalue weighted by atomic mass is 10.0. The van der Waals surface area contributed by atoms with Gasteiger partial charge in [0, 0.05) is 0 Å². The summed E-state index contributed by atoms with van der Waals surface area (Å²) in [6, 6.07) is 2.26. The summed E-state index contributed by atoms with van der Waals surface area (Å²) in [7, 11) is 1.19. The maximum Gasteiger partial charge on any atom is 0.338 e. The van der Waals surface area contributed by atoms with Gasteiger partial charge in [-0.05, 0) is 24.6 Å². The minimum atomic E-state index is -1.20. The molecule has 0 aromatic heterocycles. The number of ether oxygens (including phenoxy) is 1. The molecule has 0 aliphatic carbocycles. The fourth-order valence-corrected chi connectivity index (χ4v) is 1.24. The Morgan fingerprint density at radius 2 is 1.80 bits per heavy atom. The highest BCUT2D eigenvalue weighted by molar-refractivity contribution is 5.97. The van der Waals surface area contributed by atoms with Crippen LogP contribution in [-0.2, 0) is 4.74 Å². The summed E-state index contributed by atoms with van der Waals surface area (Å²) in [5.41, 5.74) is 0.206. The molecule has 0 saturated heterocycles. The predicted octanol–water partition coefficient (Wildman–Crippen LogP) is 1.19. The van der Waals surface area contributed by atoms with Crippen LogP contribution in [0.2, 0.25) is 0 Å². The van der Waals surface area contributed by atoms with Crippen molar-refractivity contribution in [2.24, 2.45) is 0 Å². The topological polar surface area (TPSA) is 83.8 Å². The fourth-order valence-electron chi connectivity index (χ4n) is 1.24. The lowest BCUT2D eigenvalue weighted by Crippen LogP contribution is -2.08. The number of phenols is 1. The molecule has 0 spiro atoms. The van der Waals surface area contributed by atoms with Crippen LogP contribution in [0.25, 0.3) is 0 Å². The number of hydrogen-bond donors (Lipinski definition) is 2. The van der Waals surface area contributed by atoms with Crippen LogP contribution in [0.5, 0.6) is 5.75 Å². The smallest absolute Gasteiger partial charge is 0.338 e. The third-order valence-corrected chi connectivity index (χ3v) is 2.03. The van der Waals surface area contributed by atoms with E-state index in [1.807, 2.05) is 0 Å². The molecule has 0 aliphatic heterocycles. The molecule has 0 amide bonds. The first-order valence-electron chi connectivity index (χ1n) is 4.12. The average molecular weight is 210 g/mol. The highest BCUT2D eigenvalue weighted by Crippen LogP contribution is 2.21. The van der Waals surface area contributed by atoms with E-state index in [-0.39, 0.29) is 22.4 Å². The van der Waals surface area contributed by atoms with E-state index in [1.165, 1.54) is 20.1 Å². The number of esters is 1. The molecule has 2 N–H and O–H groups in total. The van der Waals surface area contributed by atoms with Crippen molar-refractivity contribution in [1.82, 2.24) is 0 Å². The summed E-state index contributed by atoms with van der Waals surface area (Å²) in [6.45, 7) is 1.48. The van der Waals surface area contributed by atoms with Crippen molar-refractivity contribution < 1.29 is 24.5 Å². The number of aromatic carboxylic acids is 1. The number of hydrogen-bond acceptors (Lipinski definition) is 4. The molecule has 0 fully saturated rings. The van der Waals surface area contributed by atoms with Crippen LogP contribution >= 0.6 is 0 Å². The summed E-state index contributed by atoms with van der Waals surface area (Å²) < 4.78 is 4.46. The Kier molecular flexibility index (Phi) is 2.94. The molecule has 0 saturated carbocycles. The van der Waals surface area contributed by atoms with Gasteiger partial charge in [0.1, 0.15) is 5.75 Å². The molecule has 0 aliphatic rings. The molecule has 80 valence electrons. The van der Waals surface area contributed by atoms with Crippen LogP contribution < -0.4 is 0 Å². The van der Waals surface area contributed by atoms with Crippen molar-refractivity contribution in [3.63, 3.8) is 0 Å². The third-order valence-electron chi connectivity index (χ3n) is 2.03. The first-order chi connectivity index (χ1) is 6.97. The number of carboxylic acid groups (broad SMARTS) is 1. The van der Waals surface area contributed by atoms with Gasteiger partial charge in [-0.3, -0.25) is 0 Å². The Labute approximate surface area is 85.9 Å². The van der Waals surface area contributed by atoms with E-state index in [0.717, 1.165) is 6.07 Å². The van der Waals surface area contributed by atoms with Gasteiger partial charge in [0.05, 0.1) is 18.2 Å². The van der Waals surface area contributed by atoms with E-state index in [9.17, 15) is 14.7 Å². The van der Waals surface area contributed by atoms with Crippen molar-refractivity contribution in [2.45, 2.75) is 6.92 Å². The molecule has 1 aromatic rings. The van der Waals surface area contributed by atoms with Crippen LogP contribution in [0.3, 0.4) is 0 Å². The summed E-state index contributed by atoms with van der Waals surface area (Å²) in [5.74, 6) is -2.15. The largest absolute Gasteiger partial charge is 0.508 e. The molecular weight excluding hydrogens is 200 g/mol. The second-order valence-corrected chi connectivity index (χ2v) is 2.96. The minimum Gasteiger partial charge on any atom is -0.508 e. The Bertz CT molecular complexity index is 422. The highest BCUT2D eigenvalue weighted by atomic mass is 16.5. The molecule has 1 aromatic carbocycles. The number of phenolic OH excluding ortho intramolecular Hbond substituents is 1. The Balaban J connectivity index is 3.41. The van der Waals surface area contributed by atoms with Crippen molar-refractivity contribution in [3.8, 4) is 5.75 Å². The summed E-state index contributed by atoms with van der Waals surface area (Å²) in [4.78, 5) is 22.0. The highest BCUT2D eigenvalue weighted by Gasteiger charge is 2.17. The molecule has 0 radical (unpaired) electrons. The molecule has 0 bridgehead atoms. The van der Waals surface area contributed by atoms with Gasteiger partial charge in [0.2, 0.25) is 0 Å². The molecule has 0 unspecified atom stereocenters. The number of benzene rings is 1. The van der Waals surface area contributed by atoms with Gasteiger partial charge in [-0.2, -0.15) is 0 Å². The van der Waals surface area contributed by atoms with Gasteiger partial charge in [0.25, 0.3) is 0 Å². The molecule has 1 rings (SSSR count). The SMILES string of the molecule is COC(=O)c1cc(O)cc(C(=O)O)c1C. The normalized spacial score (nSPS) is 9.73. The van der Waals surface area contributed by atoms with E-state index in [2.05, 4.69) is 4.74 Å². The van der Waals surface area contributed by atoms with Gasteiger partial charge in [-0.15, -0.1) is 0 Å². The zero-order valence-corrected chi connectivity index (χ0v) is 8.27. The summed E-state index contributed by atoms with van der Waals surface area (Å²) in [6.07, 6.45) is 0. The Morgan fingerprint density at radius 3 is 2.27 bits per heavy atom. The lowest BCUT2D eigenvalue weighted by molar-refractivity contribution is 0.0599. The van der Waals surface area contributed by atoms with E-state index in [0.29, 0.717) is 0 Å². The van der Waals surface area contributed by atoms with Crippen LogP contribution in [0.4, 0.5) is 0 Å². The molecule has 15 heavy (non-hydrogen) atoms. The van der Waals surface area contributed by atoms with Crippen LogP contribution in [0.1, 0.15) is 26.3 Å². The van der Waals surface area contributed by atoms with Crippen LogP contribution in [0.15, 0.2) is 12.1 Å². The summed E-state index contributed by atoms with van der Waals surface area (Å²) in [5, 5.41) is 18.0. The van der Waals surface area contributed by atoms with E-state index in [1.54, 1.807) is 0 Å². The predicted molar refractivity (Wildman–Crippen MR) is 51.1 cm³/mol. The lowest BCUT2D eigenvalue weighted by Gasteiger charge is -2.07. The second kappa shape index (κ2) is 4.00. The van der Waals surface area contributed by atoms with Crippen molar-refractivity contribution in [2.75, 3.05) is 7.11 Å². The number of carbonyl (C=O) groups is 2. The monoisotopic (exact) mass is 210 g/mol. The number of carboxylic acids is 1. The number of aromatic hydroxyl groups is 1. The van der Waals surface area contributed by atoms with Crippen LogP contribution in [0, 0.1) is 6.92 Å². The van der Waals surface area contributed by atoms with Gasteiger partial charge < -0.3 is 14.9 Å².